The van der Waals surface area contributed by atoms with Crippen molar-refractivity contribution in [2.24, 2.45) is 5.41 Å². The molecule has 0 aliphatic rings. The molecule has 0 aromatic carbocycles. The third-order valence-corrected chi connectivity index (χ3v) is 1.75. The maximum atomic E-state index is 4.77. The molecule has 74 valence electrons. The summed E-state index contributed by atoms with van der Waals surface area (Å²) in [5.41, 5.74) is 1.98. The summed E-state index contributed by atoms with van der Waals surface area (Å²) in [6.45, 7) is 6.46. The van der Waals surface area contributed by atoms with Crippen molar-refractivity contribution in [1.29, 1.82) is 0 Å². The van der Waals surface area contributed by atoms with Crippen molar-refractivity contribution in [3.8, 4) is 0 Å². The third-order valence-electron chi connectivity index (χ3n) is 1.75. The molecule has 0 aliphatic carbocycles. The van der Waals surface area contributed by atoms with Crippen LogP contribution in [-0.4, -0.2) is 20.3 Å². The minimum absolute atomic E-state index is 0.194. The van der Waals surface area contributed by atoms with Gasteiger partial charge in [0.25, 0.3) is 5.71 Å². The number of rotatable bonds is 1. The zero-order chi connectivity index (χ0) is 10.2. The fourth-order valence-corrected chi connectivity index (χ4v) is 1.26. The highest BCUT2D eigenvalue weighted by Crippen LogP contribution is 2.19. The summed E-state index contributed by atoms with van der Waals surface area (Å²) in [6.07, 6.45) is 2.57. The zero-order valence-corrected chi connectivity index (χ0v) is 8.48. The van der Waals surface area contributed by atoms with E-state index in [-0.39, 0.29) is 5.41 Å². The molecule has 2 rings (SSSR count). The van der Waals surface area contributed by atoms with E-state index in [1.54, 1.807) is 6.20 Å². The molecule has 5 heteroatoms. The molecule has 0 unspecified atom stereocenters. The Morgan fingerprint density at radius 2 is 2.14 bits per heavy atom. The van der Waals surface area contributed by atoms with Gasteiger partial charge in [0.2, 0.25) is 5.65 Å². The van der Waals surface area contributed by atoms with Gasteiger partial charge in [-0.25, -0.2) is 9.97 Å². The van der Waals surface area contributed by atoms with Gasteiger partial charge in [0.15, 0.2) is 0 Å². The van der Waals surface area contributed by atoms with Gasteiger partial charge in [-0.2, -0.15) is 0 Å². The fourth-order valence-electron chi connectivity index (χ4n) is 1.26. The van der Waals surface area contributed by atoms with Gasteiger partial charge in [0.05, 0.1) is 11.9 Å². The number of hydrogen-bond acceptors (Lipinski definition) is 5. The first-order chi connectivity index (χ1) is 6.54. The van der Waals surface area contributed by atoms with Crippen LogP contribution >= 0.6 is 0 Å². The lowest BCUT2D eigenvalue weighted by atomic mass is 9.91. The molecule has 0 aliphatic heterocycles. The van der Waals surface area contributed by atoms with Gasteiger partial charge in [0, 0.05) is 5.27 Å². The average Bonchev–Trinajstić information content (AvgIpc) is 2.47. The summed E-state index contributed by atoms with van der Waals surface area (Å²) >= 11 is 0. The fraction of sp³-hybridized carbons (Fsp3) is 0.556. The molecule has 2 aromatic rings. The van der Waals surface area contributed by atoms with Crippen molar-refractivity contribution >= 4 is 11.4 Å². The Balaban J connectivity index is 2.35. The first kappa shape index (κ1) is 9.05. The van der Waals surface area contributed by atoms with E-state index in [0.717, 1.165) is 12.1 Å². The van der Waals surface area contributed by atoms with Crippen LogP contribution < -0.4 is 0 Å². The van der Waals surface area contributed by atoms with Crippen LogP contribution in [0.4, 0.5) is 0 Å². The Bertz CT molecular complexity index is 443. The first-order valence-electron chi connectivity index (χ1n) is 4.49. The topological polar surface area (TPSA) is 64.7 Å². The van der Waals surface area contributed by atoms with Crippen LogP contribution in [0.25, 0.3) is 11.4 Å². The number of fused-ring (bicyclic) bond motifs is 1. The Morgan fingerprint density at radius 3 is 2.86 bits per heavy atom. The Kier molecular flexibility index (Phi) is 1.94. The average molecular weight is 192 g/mol. The van der Waals surface area contributed by atoms with Gasteiger partial charge < -0.3 is 4.52 Å². The van der Waals surface area contributed by atoms with E-state index < -0.39 is 0 Å². The second-order valence-corrected chi connectivity index (χ2v) is 4.50. The lowest BCUT2D eigenvalue weighted by molar-refractivity contribution is 0.405. The lowest BCUT2D eigenvalue weighted by Crippen LogP contribution is -2.10. The lowest BCUT2D eigenvalue weighted by Gasteiger charge is -2.16. The van der Waals surface area contributed by atoms with E-state index in [4.69, 9.17) is 4.52 Å². The molecule has 0 atom stereocenters. The molecule has 0 fully saturated rings. The van der Waals surface area contributed by atoms with Crippen molar-refractivity contribution in [2.75, 3.05) is 0 Å². The second-order valence-electron chi connectivity index (χ2n) is 4.50. The monoisotopic (exact) mass is 192 g/mol. The first-order valence-corrected chi connectivity index (χ1v) is 4.49. The standard InChI is InChI=1S/C9H12N4O/c1-9(2,3)4-6-5-10-8-7(11-6)12-13-14-8/h5H,4H2,1-3H3. The molecular formula is C9H12N4O. The molecule has 5 nitrogen and oxygen atoms in total. The number of nitrogens with zero attached hydrogens (tertiary/aromatic N) is 4. The van der Waals surface area contributed by atoms with Gasteiger partial charge in [0.1, 0.15) is 0 Å². The van der Waals surface area contributed by atoms with Crippen LogP contribution in [-0.2, 0) is 6.42 Å². The van der Waals surface area contributed by atoms with Crippen LogP contribution in [0.15, 0.2) is 10.7 Å². The maximum Gasteiger partial charge on any atom is 0.297 e. The van der Waals surface area contributed by atoms with Crippen LogP contribution in [0.2, 0.25) is 0 Å². The molecule has 0 bridgehead atoms. The summed E-state index contributed by atoms with van der Waals surface area (Å²) in [5, 5.41) is 7.11. The molecule has 0 spiro atoms. The molecule has 2 heterocycles. The van der Waals surface area contributed by atoms with Crippen molar-refractivity contribution in [2.45, 2.75) is 27.2 Å². The largest absolute Gasteiger partial charge is 0.314 e. The predicted octanol–water partition coefficient (Wildman–Crippen LogP) is 1.60. The molecule has 2 aromatic heterocycles. The zero-order valence-electron chi connectivity index (χ0n) is 8.48. The minimum Gasteiger partial charge on any atom is -0.314 e. The van der Waals surface area contributed by atoms with Gasteiger partial charge >= 0.3 is 0 Å². The number of hydrogen-bond donors (Lipinski definition) is 0. The summed E-state index contributed by atoms with van der Waals surface area (Å²) in [6, 6.07) is 0. The summed E-state index contributed by atoms with van der Waals surface area (Å²) in [7, 11) is 0. The van der Waals surface area contributed by atoms with Crippen molar-refractivity contribution in [3.63, 3.8) is 0 Å². The van der Waals surface area contributed by atoms with Gasteiger partial charge in [-0.1, -0.05) is 25.9 Å². The van der Waals surface area contributed by atoms with Gasteiger partial charge in [-0.3, -0.25) is 0 Å². The highest BCUT2D eigenvalue weighted by molar-refractivity contribution is 5.60. The van der Waals surface area contributed by atoms with E-state index in [2.05, 4.69) is 41.1 Å². The smallest absolute Gasteiger partial charge is 0.297 e. The molecular weight excluding hydrogens is 180 g/mol. The predicted molar refractivity (Wildman–Crippen MR) is 50.6 cm³/mol. The van der Waals surface area contributed by atoms with Crippen molar-refractivity contribution in [3.05, 3.63) is 11.9 Å². The summed E-state index contributed by atoms with van der Waals surface area (Å²) < 4.78 is 4.77. The SMILES string of the molecule is CC(C)(C)Cc1cnc2onnc2n1. The second kappa shape index (κ2) is 3.01. The van der Waals surface area contributed by atoms with Crippen LogP contribution in [0.3, 0.4) is 0 Å². The molecule has 0 saturated heterocycles. The van der Waals surface area contributed by atoms with E-state index in [1.807, 2.05) is 0 Å². The highest BCUT2D eigenvalue weighted by Gasteiger charge is 2.14. The quantitative estimate of drug-likeness (QED) is 0.686. The Labute approximate surface area is 81.5 Å². The van der Waals surface area contributed by atoms with E-state index >= 15 is 0 Å². The molecule has 0 amide bonds. The molecule has 0 radical (unpaired) electrons. The van der Waals surface area contributed by atoms with Crippen LogP contribution in [0.1, 0.15) is 26.5 Å². The van der Waals surface area contributed by atoms with E-state index in [0.29, 0.717) is 11.4 Å². The van der Waals surface area contributed by atoms with Crippen molar-refractivity contribution < 1.29 is 4.52 Å². The van der Waals surface area contributed by atoms with Gasteiger partial charge in [-0.15, -0.1) is 0 Å². The minimum atomic E-state index is 0.194. The Morgan fingerprint density at radius 1 is 1.36 bits per heavy atom. The maximum absolute atomic E-state index is 4.77. The van der Waals surface area contributed by atoms with Gasteiger partial charge in [-0.05, 0) is 11.8 Å². The highest BCUT2D eigenvalue weighted by atomic mass is 16.5. The summed E-state index contributed by atoms with van der Waals surface area (Å²) in [4.78, 5) is 8.36. The number of aromatic nitrogens is 4. The molecule has 0 N–H and O–H groups in total. The van der Waals surface area contributed by atoms with Crippen LogP contribution in [0.5, 0.6) is 0 Å². The normalized spacial score (nSPS) is 12.2. The van der Waals surface area contributed by atoms with Crippen molar-refractivity contribution in [1.82, 2.24) is 20.3 Å². The summed E-state index contributed by atoms with van der Waals surface area (Å²) in [5.74, 6) is 0. The Hall–Kier alpha value is -1.52. The third kappa shape index (κ3) is 1.86. The van der Waals surface area contributed by atoms with Crippen LogP contribution in [0, 0.1) is 5.41 Å². The van der Waals surface area contributed by atoms with E-state index in [1.165, 1.54) is 0 Å². The molecule has 14 heavy (non-hydrogen) atoms. The molecule has 0 saturated carbocycles. The van der Waals surface area contributed by atoms with E-state index in [9.17, 15) is 0 Å².